The minimum Gasteiger partial charge on any atom is -0.409 e. The lowest BCUT2D eigenvalue weighted by molar-refractivity contribution is 0.207. The Kier molecular flexibility index (Phi) is 5.75. The number of nitrogens with two attached hydrogens (primary N) is 1. The fraction of sp³-hybridized carbons (Fsp3) is 0.750. The summed E-state index contributed by atoms with van der Waals surface area (Å²) in [5.41, 5.74) is 5.51. The Morgan fingerprint density at radius 2 is 2.16 bits per heavy atom. The average molecular weight is 268 g/mol. The lowest BCUT2D eigenvalue weighted by Crippen LogP contribution is -2.34. The van der Waals surface area contributed by atoms with E-state index in [0.717, 1.165) is 12.4 Å². The third-order valence-corrected chi connectivity index (χ3v) is 2.99. The van der Waals surface area contributed by atoms with Crippen molar-refractivity contribution in [2.24, 2.45) is 10.9 Å². The molecule has 0 aliphatic carbocycles. The van der Waals surface area contributed by atoms with Crippen LogP contribution in [0.15, 0.2) is 11.5 Å². The quantitative estimate of drug-likeness (QED) is 0.335. The number of oxime groups is 1. The standard InChI is InChI=1S/C12H24N6O/c1-9(2)17(6-5-11(13)16-19)7-12-14-8-15-18(12)10(3)4/h8-10,19H,5-7H2,1-4H3,(H2,13,16). The van der Waals surface area contributed by atoms with Gasteiger partial charge in [-0.1, -0.05) is 5.16 Å². The molecule has 0 saturated heterocycles. The van der Waals surface area contributed by atoms with Crippen molar-refractivity contribution >= 4 is 5.84 Å². The van der Waals surface area contributed by atoms with Crippen molar-refractivity contribution in [3.05, 3.63) is 12.2 Å². The van der Waals surface area contributed by atoms with E-state index in [1.54, 1.807) is 6.33 Å². The van der Waals surface area contributed by atoms with Gasteiger partial charge < -0.3 is 10.9 Å². The highest BCUT2D eigenvalue weighted by Crippen LogP contribution is 2.10. The van der Waals surface area contributed by atoms with E-state index in [9.17, 15) is 0 Å². The van der Waals surface area contributed by atoms with Crippen LogP contribution in [0.2, 0.25) is 0 Å². The molecule has 108 valence electrons. The summed E-state index contributed by atoms with van der Waals surface area (Å²) in [5.74, 6) is 1.18. The minimum absolute atomic E-state index is 0.246. The number of hydrogen-bond donors (Lipinski definition) is 2. The van der Waals surface area contributed by atoms with Gasteiger partial charge in [-0.2, -0.15) is 5.10 Å². The van der Waals surface area contributed by atoms with E-state index in [2.05, 4.69) is 47.8 Å². The Bertz CT molecular complexity index is 412. The van der Waals surface area contributed by atoms with Crippen molar-refractivity contribution in [1.29, 1.82) is 0 Å². The second-order valence-corrected chi connectivity index (χ2v) is 5.12. The zero-order valence-corrected chi connectivity index (χ0v) is 12.1. The molecule has 0 saturated carbocycles. The molecule has 0 atom stereocenters. The molecule has 1 heterocycles. The number of aromatic nitrogens is 3. The first-order valence-corrected chi connectivity index (χ1v) is 6.54. The van der Waals surface area contributed by atoms with E-state index in [1.807, 2.05) is 4.68 Å². The van der Waals surface area contributed by atoms with E-state index < -0.39 is 0 Å². The van der Waals surface area contributed by atoms with Gasteiger partial charge in [0, 0.05) is 25.0 Å². The molecule has 0 aromatic carbocycles. The highest BCUT2D eigenvalue weighted by molar-refractivity contribution is 5.79. The van der Waals surface area contributed by atoms with Gasteiger partial charge in [-0.25, -0.2) is 9.67 Å². The van der Waals surface area contributed by atoms with E-state index in [1.165, 1.54) is 0 Å². The van der Waals surface area contributed by atoms with E-state index in [0.29, 0.717) is 19.0 Å². The first-order chi connectivity index (χ1) is 8.95. The Morgan fingerprint density at radius 1 is 1.47 bits per heavy atom. The first-order valence-electron chi connectivity index (χ1n) is 6.54. The maximum Gasteiger partial charge on any atom is 0.141 e. The molecule has 1 rings (SSSR count). The van der Waals surface area contributed by atoms with Crippen LogP contribution in [0, 0.1) is 0 Å². The molecular weight excluding hydrogens is 244 g/mol. The Morgan fingerprint density at radius 3 is 2.68 bits per heavy atom. The van der Waals surface area contributed by atoms with Gasteiger partial charge in [0.1, 0.15) is 18.0 Å². The van der Waals surface area contributed by atoms with Gasteiger partial charge in [0.15, 0.2) is 0 Å². The Balaban J connectivity index is 2.70. The molecule has 0 aliphatic heterocycles. The highest BCUT2D eigenvalue weighted by Gasteiger charge is 2.15. The van der Waals surface area contributed by atoms with Crippen LogP contribution in [-0.2, 0) is 6.54 Å². The van der Waals surface area contributed by atoms with Gasteiger partial charge in [0.05, 0.1) is 6.54 Å². The van der Waals surface area contributed by atoms with Crippen LogP contribution < -0.4 is 5.73 Å². The monoisotopic (exact) mass is 268 g/mol. The fourth-order valence-electron chi connectivity index (χ4n) is 1.83. The summed E-state index contributed by atoms with van der Waals surface area (Å²) >= 11 is 0. The van der Waals surface area contributed by atoms with Crippen molar-refractivity contribution in [2.45, 2.75) is 52.7 Å². The summed E-state index contributed by atoms with van der Waals surface area (Å²) in [5, 5.41) is 15.8. The van der Waals surface area contributed by atoms with Gasteiger partial charge in [-0.15, -0.1) is 0 Å². The lowest BCUT2D eigenvalue weighted by atomic mass is 10.2. The zero-order chi connectivity index (χ0) is 14.4. The van der Waals surface area contributed by atoms with Gasteiger partial charge >= 0.3 is 0 Å². The molecule has 7 heteroatoms. The van der Waals surface area contributed by atoms with Crippen LogP contribution in [0.3, 0.4) is 0 Å². The molecule has 0 amide bonds. The van der Waals surface area contributed by atoms with Crippen molar-refractivity contribution in [1.82, 2.24) is 19.7 Å². The van der Waals surface area contributed by atoms with Crippen molar-refractivity contribution < 1.29 is 5.21 Å². The molecule has 3 N–H and O–H groups in total. The molecule has 7 nitrogen and oxygen atoms in total. The molecule has 0 unspecified atom stereocenters. The third-order valence-electron chi connectivity index (χ3n) is 2.99. The lowest BCUT2D eigenvalue weighted by Gasteiger charge is -2.26. The predicted octanol–water partition coefficient (Wildman–Crippen LogP) is 1.21. The topological polar surface area (TPSA) is 92.6 Å². The highest BCUT2D eigenvalue weighted by atomic mass is 16.4. The zero-order valence-electron chi connectivity index (χ0n) is 12.1. The van der Waals surface area contributed by atoms with Crippen molar-refractivity contribution in [3.63, 3.8) is 0 Å². The van der Waals surface area contributed by atoms with E-state index in [4.69, 9.17) is 10.9 Å². The molecular formula is C12H24N6O. The van der Waals surface area contributed by atoms with Crippen molar-refractivity contribution in [3.8, 4) is 0 Å². The summed E-state index contributed by atoms with van der Waals surface area (Å²) in [4.78, 5) is 6.53. The van der Waals surface area contributed by atoms with Gasteiger partial charge in [0.25, 0.3) is 0 Å². The second kappa shape index (κ2) is 7.08. The van der Waals surface area contributed by atoms with Crippen LogP contribution in [0.4, 0.5) is 0 Å². The Labute approximate surface area is 114 Å². The van der Waals surface area contributed by atoms with E-state index in [-0.39, 0.29) is 11.9 Å². The van der Waals surface area contributed by atoms with Crippen LogP contribution in [0.1, 0.15) is 46.0 Å². The van der Waals surface area contributed by atoms with Crippen LogP contribution in [0.25, 0.3) is 0 Å². The van der Waals surface area contributed by atoms with E-state index >= 15 is 0 Å². The second-order valence-electron chi connectivity index (χ2n) is 5.12. The summed E-state index contributed by atoms with van der Waals surface area (Å²) < 4.78 is 1.92. The van der Waals surface area contributed by atoms with Gasteiger partial charge in [0.2, 0.25) is 0 Å². The Hall–Kier alpha value is -1.63. The average Bonchev–Trinajstić information content (AvgIpc) is 2.81. The number of amidine groups is 1. The van der Waals surface area contributed by atoms with Crippen LogP contribution in [-0.4, -0.2) is 43.3 Å². The number of rotatable bonds is 7. The SMILES string of the molecule is CC(C)N(CCC(N)=NO)Cc1ncnn1C(C)C. The summed E-state index contributed by atoms with van der Waals surface area (Å²) in [6.45, 7) is 9.81. The molecule has 0 aliphatic rings. The van der Waals surface area contributed by atoms with Crippen LogP contribution >= 0.6 is 0 Å². The number of hydrogen-bond acceptors (Lipinski definition) is 5. The maximum absolute atomic E-state index is 8.58. The van der Waals surface area contributed by atoms with Crippen LogP contribution in [0.5, 0.6) is 0 Å². The third kappa shape index (κ3) is 4.51. The molecule has 0 bridgehead atoms. The first kappa shape index (κ1) is 15.4. The normalized spacial score (nSPS) is 12.9. The molecule has 19 heavy (non-hydrogen) atoms. The summed E-state index contributed by atoms with van der Waals surface area (Å²) in [6.07, 6.45) is 2.11. The van der Waals surface area contributed by atoms with Crippen molar-refractivity contribution in [2.75, 3.05) is 6.54 Å². The van der Waals surface area contributed by atoms with Gasteiger partial charge in [-0.05, 0) is 27.7 Å². The summed E-state index contributed by atoms with van der Waals surface area (Å²) in [7, 11) is 0. The molecule has 1 aromatic heterocycles. The smallest absolute Gasteiger partial charge is 0.141 e. The number of nitrogens with zero attached hydrogens (tertiary/aromatic N) is 5. The molecule has 1 aromatic rings. The molecule has 0 fully saturated rings. The largest absolute Gasteiger partial charge is 0.409 e. The van der Waals surface area contributed by atoms with Gasteiger partial charge in [-0.3, -0.25) is 4.90 Å². The molecule has 0 radical (unpaired) electrons. The fourth-order valence-corrected chi connectivity index (χ4v) is 1.83. The maximum atomic E-state index is 8.58. The minimum atomic E-state index is 0.246. The molecule has 0 spiro atoms. The predicted molar refractivity (Wildman–Crippen MR) is 74.0 cm³/mol. The summed E-state index contributed by atoms with van der Waals surface area (Å²) in [6, 6.07) is 0.638.